The molecule has 0 aromatic carbocycles. The van der Waals surface area contributed by atoms with Gasteiger partial charge in [0, 0.05) is 45.2 Å². The van der Waals surface area contributed by atoms with Crippen molar-refractivity contribution in [3.63, 3.8) is 0 Å². The topological polar surface area (TPSA) is 73.5 Å². The van der Waals surface area contributed by atoms with Crippen molar-refractivity contribution in [1.82, 2.24) is 9.97 Å². The lowest BCUT2D eigenvalue weighted by Crippen LogP contribution is -2.57. The molecule has 19 heavy (non-hydrogen) atoms. The van der Waals surface area contributed by atoms with Gasteiger partial charge in [-0.25, -0.2) is 9.97 Å². The van der Waals surface area contributed by atoms with Crippen molar-refractivity contribution in [3.8, 4) is 0 Å². The highest BCUT2D eigenvalue weighted by atomic mass is 16.5. The SMILES string of the molecule is CC1CN(c2cc(N)ncn2)CC2(CCOCC2)O1. The molecule has 0 aliphatic carbocycles. The van der Waals surface area contributed by atoms with Gasteiger partial charge in [-0.05, 0) is 6.92 Å². The van der Waals surface area contributed by atoms with Crippen molar-refractivity contribution >= 4 is 11.6 Å². The van der Waals surface area contributed by atoms with Crippen LogP contribution in [-0.2, 0) is 9.47 Å². The molecule has 0 saturated carbocycles. The van der Waals surface area contributed by atoms with Crippen LogP contribution >= 0.6 is 0 Å². The summed E-state index contributed by atoms with van der Waals surface area (Å²) in [6.07, 6.45) is 3.58. The second-order valence-electron chi connectivity index (χ2n) is 5.41. The number of hydrogen-bond donors (Lipinski definition) is 1. The van der Waals surface area contributed by atoms with Crippen LogP contribution in [0.15, 0.2) is 12.4 Å². The Morgan fingerprint density at radius 2 is 2.16 bits per heavy atom. The van der Waals surface area contributed by atoms with Crippen molar-refractivity contribution < 1.29 is 9.47 Å². The van der Waals surface area contributed by atoms with Gasteiger partial charge in [0.15, 0.2) is 0 Å². The van der Waals surface area contributed by atoms with Gasteiger partial charge in [-0.1, -0.05) is 0 Å². The summed E-state index contributed by atoms with van der Waals surface area (Å²) in [6, 6.07) is 1.82. The molecule has 2 saturated heterocycles. The van der Waals surface area contributed by atoms with Crippen molar-refractivity contribution in [2.45, 2.75) is 31.5 Å². The van der Waals surface area contributed by atoms with Crippen LogP contribution < -0.4 is 10.6 Å². The van der Waals surface area contributed by atoms with Gasteiger partial charge in [0.2, 0.25) is 0 Å². The fourth-order valence-corrected chi connectivity index (χ4v) is 2.95. The molecular formula is C13H20N4O2. The quantitative estimate of drug-likeness (QED) is 0.810. The Hall–Kier alpha value is -1.40. The zero-order valence-electron chi connectivity index (χ0n) is 11.2. The molecule has 2 fully saturated rings. The number of nitrogens with zero attached hydrogens (tertiary/aromatic N) is 3. The van der Waals surface area contributed by atoms with E-state index in [4.69, 9.17) is 15.2 Å². The smallest absolute Gasteiger partial charge is 0.134 e. The van der Waals surface area contributed by atoms with Crippen LogP contribution in [0.25, 0.3) is 0 Å². The van der Waals surface area contributed by atoms with Crippen molar-refractivity contribution in [2.24, 2.45) is 0 Å². The molecule has 0 amide bonds. The van der Waals surface area contributed by atoms with Crippen molar-refractivity contribution in [1.29, 1.82) is 0 Å². The summed E-state index contributed by atoms with van der Waals surface area (Å²) in [7, 11) is 0. The number of morpholine rings is 1. The summed E-state index contributed by atoms with van der Waals surface area (Å²) in [5.74, 6) is 1.39. The van der Waals surface area contributed by atoms with Gasteiger partial charge >= 0.3 is 0 Å². The standard InChI is InChI=1S/C13H20N4O2/c1-10-7-17(12-6-11(14)15-9-16-12)8-13(19-10)2-4-18-5-3-13/h6,9-10H,2-5,7-8H2,1H3,(H2,14,15,16). The van der Waals surface area contributed by atoms with E-state index in [1.807, 2.05) is 6.07 Å². The molecule has 1 atom stereocenters. The molecular weight excluding hydrogens is 244 g/mol. The summed E-state index contributed by atoms with van der Waals surface area (Å²) in [5.41, 5.74) is 5.64. The molecule has 0 radical (unpaired) electrons. The summed E-state index contributed by atoms with van der Waals surface area (Å²) in [4.78, 5) is 10.5. The maximum atomic E-state index is 6.20. The first-order valence-electron chi connectivity index (χ1n) is 6.75. The predicted octanol–water partition coefficient (Wildman–Crippen LogP) is 0.833. The van der Waals surface area contributed by atoms with E-state index in [0.717, 1.165) is 45.0 Å². The number of nitrogens with two attached hydrogens (primary N) is 1. The molecule has 0 bridgehead atoms. The van der Waals surface area contributed by atoms with E-state index in [-0.39, 0.29) is 11.7 Å². The summed E-state index contributed by atoms with van der Waals surface area (Å²) >= 11 is 0. The molecule has 2 aliphatic rings. The predicted molar refractivity (Wildman–Crippen MR) is 72.0 cm³/mol. The van der Waals surface area contributed by atoms with Crippen LogP contribution in [-0.4, -0.2) is 48.0 Å². The number of ether oxygens (including phenoxy) is 2. The van der Waals surface area contributed by atoms with Crippen LogP contribution in [0, 0.1) is 0 Å². The van der Waals surface area contributed by atoms with E-state index in [1.165, 1.54) is 6.33 Å². The van der Waals surface area contributed by atoms with E-state index in [1.54, 1.807) is 0 Å². The lowest BCUT2D eigenvalue weighted by atomic mass is 9.91. The molecule has 104 valence electrons. The fraction of sp³-hybridized carbons (Fsp3) is 0.692. The normalized spacial score (nSPS) is 26.6. The third-order valence-corrected chi connectivity index (χ3v) is 3.81. The first kappa shape index (κ1) is 12.6. The first-order valence-corrected chi connectivity index (χ1v) is 6.75. The summed E-state index contributed by atoms with van der Waals surface area (Å²) in [5, 5.41) is 0. The van der Waals surface area contributed by atoms with Gasteiger partial charge in [-0.15, -0.1) is 0 Å². The van der Waals surface area contributed by atoms with Gasteiger partial charge in [0.05, 0.1) is 11.7 Å². The van der Waals surface area contributed by atoms with Crippen molar-refractivity contribution in [3.05, 3.63) is 12.4 Å². The monoisotopic (exact) mass is 264 g/mol. The largest absolute Gasteiger partial charge is 0.384 e. The lowest BCUT2D eigenvalue weighted by molar-refractivity contribution is -0.145. The van der Waals surface area contributed by atoms with Crippen LogP contribution in [0.5, 0.6) is 0 Å². The van der Waals surface area contributed by atoms with Gasteiger partial charge in [0.25, 0.3) is 0 Å². The van der Waals surface area contributed by atoms with Gasteiger partial charge in [-0.3, -0.25) is 0 Å². The third kappa shape index (κ3) is 2.64. The van der Waals surface area contributed by atoms with E-state index in [2.05, 4.69) is 21.8 Å². The summed E-state index contributed by atoms with van der Waals surface area (Å²) in [6.45, 7) is 5.32. The molecule has 3 heterocycles. The average Bonchev–Trinajstić information content (AvgIpc) is 2.38. The van der Waals surface area contributed by atoms with Gasteiger partial charge in [0.1, 0.15) is 18.0 Å². The lowest BCUT2D eigenvalue weighted by Gasteiger charge is -2.47. The molecule has 2 aliphatic heterocycles. The molecule has 1 unspecified atom stereocenters. The van der Waals surface area contributed by atoms with Crippen molar-refractivity contribution in [2.75, 3.05) is 36.9 Å². The van der Waals surface area contributed by atoms with E-state index < -0.39 is 0 Å². The zero-order chi connectivity index (χ0) is 13.3. The number of anilines is 2. The molecule has 1 aromatic rings. The Labute approximate surface area is 112 Å². The average molecular weight is 264 g/mol. The van der Waals surface area contributed by atoms with E-state index in [9.17, 15) is 0 Å². The minimum absolute atomic E-state index is 0.102. The highest BCUT2D eigenvalue weighted by Gasteiger charge is 2.41. The second kappa shape index (κ2) is 4.94. The number of nitrogen functional groups attached to an aromatic ring is 1. The maximum Gasteiger partial charge on any atom is 0.134 e. The van der Waals surface area contributed by atoms with Crippen LogP contribution in [0.2, 0.25) is 0 Å². The van der Waals surface area contributed by atoms with Crippen LogP contribution in [0.3, 0.4) is 0 Å². The van der Waals surface area contributed by atoms with E-state index >= 15 is 0 Å². The highest BCUT2D eigenvalue weighted by molar-refractivity contribution is 5.46. The number of rotatable bonds is 1. The summed E-state index contributed by atoms with van der Waals surface area (Å²) < 4.78 is 11.6. The zero-order valence-corrected chi connectivity index (χ0v) is 11.2. The Kier molecular flexibility index (Phi) is 3.28. The fourth-order valence-electron chi connectivity index (χ4n) is 2.95. The molecule has 2 N–H and O–H groups in total. The minimum atomic E-state index is -0.102. The number of aromatic nitrogens is 2. The van der Waals surface area contributed by atoms with Crippen LogP contribution in [0.1, 0.15) is 19.8 Å². The molecule has 3 rings (SSSR count). The third-order valence-electron chi connectivity index (χ3n) is 3.81. The Balaban J connectivity index is 1.82. The van der Waals surface area contributed by atoms with Crippen LogP contribution in [0.4, 0.5) is 11.6 Å². The number of hydrogen-bond acceptors (Lipinski definition) is 6. The molecule has 1 aromatic heterocycles. The Morgan fingerprint density at radius 3 is 2.89 bits per heavy atom. The molecule has 6 nitrogen and oxygen atoms in total. The second-order valence-corrected chi connectivity index (χ2v) is 5.41. The Morgan fingerprint density at radius 1 is 1.37 bits per heavy atom. The molecule has 6 heteroatoms. The van der Waals surface area contributed by atoms with E-state index in [0.29, 0.717) is 5.82 Å². The van der Waals surface area contributed by atoms with Gasteiger partial charge in [-0.2, -0.15) is 0 Å². The van der Waals surface area contributed by atoms with Gasteiger partial charge < -0.3 is 20.1 Å². The molecule has 1 spiro atoms. The minimum Gasteiger partial charge on any atom is -0.384 e. The Bertz CT molecular complexity index is 448. The first-order chi connectivity index (χ1) is 9.17. The highest BCUT2D eigenvalue weighted by Crippen LogP contribution is 2.33. The maximum absolute atomic E-state index is 6.20.